The molecule has 3 rings (SSSR count). The lowest BCUT2D eigenvalue weighted by molar-refractivity contribution is 0.212. The highest BCUT2D eigenvalue weighted by Crippen LogP contribution is 2.27. The van der Waals surface area contributed by atoms with Crippen molar-refractivity contribution in [1.29, 1.82) is 0 Å². The van der Waals surface area contributed by atoms with E-state index in [1.807, 2.05) is 31.2 Å². The van der Waals surface area contributed by atoms with Crippen molar-refractivity contribution < 1.29 is 13.9 Å². The number of benzene rings is 2. The Hall–Kier alpha value is -2.86. The third-order valence-corrected chi connectivity index (χ3v) is 4.53. The van der Waals surface area contributed by atoms with Crippen LogP contribution in [0.4, 0.5) is 14.9 Å². The third kappa shape index (κ3) is 4.11. The highest BCUT2D eigenvalue weighted by atomic mass is 35.5. The molecule has 2 aromatic carbocycles. The van der Waals surface area contributed by atoms with Crippen molar-refractivity contribution in [2.45, 2.75) is 13.5 Å². The van der Waals surface area contributed by atoms with Gasteiger partial charge in [0.15, 0.2) is 0 Å². The molecule has 7 heteroatoms. The van der Waals surface area contributed by atoms with Crippen LogP contribution in [-0.4, -0.2) is 29.6 Å². The van der Waals surface area contributed by atoms with Crippen LogP contribution >= 0.6 is 11.6 Å². The maximum absolute atomic E-state index is 13.3. The maximum atomic E-state index is 13.3. The zero-order valence-corrected chi connectivity index (χ0v) is 15.8. The predicted octanol–water partition coefficient (Wildman–Crippen LogP) is 5.09. The lowest BCUT2D eigenvalue weighted by Gasteiger charge is -2.22. The van der Waals surface area contributed by atoms with Gasteiger partial charge >= 0.3 is 6.03 Å². The summed E-state index contributed by atoms with van der Waals surface area (Å²) in [7, 11) is 1.58. The average molecular weight is 388 g/mol. The molecule has 3 aromatic rings. The summed E-state index contributed by atoms with van der Waals surface area (Å²) in [6.45, 7) is 2.74. The van der Waals surface area contributed by atoms with E-state index in [9.17, 15) is 9.18 Å². The molecule has 5 nitrogen and oxygen atoms in total. The smallest absolute Gasteiger partial charge is 0.322 e. The van der Waals surface area contributed by atoms with Crippen LogP contribution in [0.25, 0.3) is 10.8 Å². The van der Waals surface area contributed by atoms with Gasteiger partial charge in [-0.1, -0.05) is 29.8 Å². The molecule has 0 spiro atoms. The van der Waals surface area contributed by atoms with Crippen LogP contribution in [-0.2, 0) is 6.54 Å². The van der Waals surface area contributed by atoms with Crippen LogP contribution in [0.2, 0.25) is 5.02 Å². The molecule has 1 N–H and O–H groups in total. The van der Waals surface area contributed by atoms with E-state index in [0.717, 1.165) is 16.3 Å². The van der Waals surface area contributed by atoms with Gasteiger partial charge in [0.25, 0.3) is 0 Å². The molecule has 2 amide bonds. The Balaban J connectivity index is 1.83. The van der Waals surface area contributed by atoms with E-state index >= 15 is 0 Å². The number of nitrogens with one attached hydrogen (secondary N) is 1. The molecule has 0 aliphatic heterocycles. The molecule has 0 atom stereocenters. The Labute approximate surface area is 161 Å². The fraction of sp³-hybridized carbons (Fsp3) is 0.200. The van der Waals surface area contributed by atoms with Gasteiger partial charge in [0, 0.05) is 30.4 Å². The monoisotopic (exact) mass is 387 g/mol. The van der Waals surface area contributed by atoms with Crippen molar-refractivity contribution in [3.63, 3.8) is 0 Å². The molecule has 0 saturated carbocycles. The molecular weight excluding hydrogens is 369 g/mol. The molecule has 0 bridgehead atoms. The van der Waals surface area contributed by atoms with Crippen LogP contribution in [0.1, 0.15) is 12.5 Å². The lowest BCUT2D eigenvalue weighted by Crippen LogP contribution is -2.34. The minimum atomic E-state index is -0.530. The molecule has 0 aliphatic carbocycles. The number of ether oxygens (including phenoxy) is 1. The Morgan fingerprint density at radius 3 is 2.67 bits per heavy atom. The quantitative estimate of drug-likeness (QED) is 0.663. The summed E-state index contributed by atoms with van der Waals surface area (Å²) in [4.78, 5) is 18.6. The second kappa shape index (κ2) is 8.22. The van der Waals surface area contributed by atoms with Gasteiger partial charge in [0.2, 0.25) is 5.88 Å². The van der Waals surface area contributed by atoms with E-state index in [2.05, 4.69) is 10.3 Å². The van der Waals surface area contributed by atoms with Crippen molar-refractivity contribution in [3.05, 3.63) is 65.1 Å². The maximum Gasteiger partial charge on any atom is 0.322 e. The van der Waals surface area contributed by atoms with E-state index in [-0.39, 0.29) is 11.1 Å². The zero-order valence-electron chi connectivity index (χ0n) is 15.0. The molecule has 1 heterocycles. The van der Waals surface area contributed by atoms with Crippen LogP contribution in [0.15, 0.2) is 48.7 Å². The number of nitrogens with zero attached hydrogens (tertiary/aromatic N) is 2. The summed E-state index contributed by atoms with van der Waals surface area (Å²) in [6, 6.07) is 11.5. The molecular formula is C20H19ClFN3O2. The summed E-state index contributed by atoms with van der Waals surface area (Å²) in [5.41, 5.74) is 1.34. The van der Waals surface area contributed by atoms with Crippen molar-refractivity contribution >= 4 is 34.1 Å². The largest absolute Gasteiger partial charge is 0.481 e. The van der Waals surface area contributed by atoms with Gasteiger partial charge in [0.05, 0.1) is 12.1 Å². The number of urea groups is 1. The number of halogens is 2. The van der Waals surface area contributed by atoms with Gasteiger partial charge in [-0.25, -0.2) is 14.2 Å². The van der Waals surface area contributed by atoms with Crippen molar-refractivity contribution in [3.8, 4) is 5.88 Å². The first-order valence-corrected chi connectivity index (χ1v) is 8.83. The summed E-state index contributed by atoms with van der Waals surface area (Å²) >= 11 is 5.77. The number of hydrogen-bond donors (Lipinski definition) is 1. The molecule has 0 aliphatic rings. The number of pyridine rings is 1. The summed E-state index contributed by atoms with van der Waals surface area (Å²) in [6.07, 6.45) is 1.71. The number of amides is 2. The van der Waals surface area contributed by atoms with Crippen LogP contribution in [0.5, 0.6) is 5.88 Å². The number of hydrogen-bond acceptors (Lipinski definition) is 3. The van der Waals surface area contributed by atoms with Crippen LogP contribution < -0.4 is 10.1 Å². The Morgan fingerprint density at radius 1 is 1.26 bits per heavy atom. The molecule has 0 saturated heterocycles. The molecule has 140 valence electrons. The number of carbonyl (C=O) groups is 1. The number of anilines is 1. The number of aromatic nitrogens is 1. The SMILES string of the molecule is CCN(Cc1cnc(OC)c2ccccc12)C(=O)Nc1ccc(F)c(Cl)c1. The fourth-order valence-corrected chi connectivity index (χ4v) is 3.00. The standard InChI is InChI=1S/C20H19ClFN3O2/c1-3-25(20(26)24-14-8-9-18(22)17(21)10-14)12-13-11-23-19(27-2)16-7-5-4-6-15(13)16/h4-11H,3,12H2,1-2H3,(H,24,26). The molecule has 0 unspecified atom stereocenters. The van der Waals surface area contributed by atoms with E-state index in [0.29, 0.717) is 24.7 Å². The van der Waals surface area contributed by atoms with E-state index in [1.54, 1.807) is 18.2 Å². The highest BCUT2D eigenvalue weighted by molar-refractivity contribution is 6.31. The minimum Gasteiger partial charge on any atom is -0.481 e. The predicted molar refractivity (Wildman–Crippen MR) is 105 cm³/mol. The average Bonchev–Trinajstić information content (AvgIpc) is 2.68. The van der Waals surface area contributed by atoms with Crippen molar-refractivity contribution in [2.75, 3.05) is 19.0 Å². The number of rotatable bonds is 5. The molecule has 0 radical (unpaired) electrons. The lowest BCUT2D eigenvalue weighted by atomic mass is 10.1. The summed E-state index contributed by atoms with van der Waals surface area (Å²) < 4.78 is 18.6. The molecule has 0 fully saturated rings. The number of fused-ring (bicyclic) bond motifs is 1. The minimum absolute atomic E-state index is 0.0406. The first kappa shape index (κ1) is 18.9. The van der Waals surface area contributed by atoms with Gasteiger partial charge in [-0.2, -0.15) is 0 Å². The van der Waals surface area contributed by atoms with Gasteiger partial charge in [-0.05, 0) is 42.1 Å². The Kier molecular flexibility index (Phi) is 5.76. The van der Waals surface area contributed by atoms with Gasteiger partial charge in [0.1, 0.15) is 5.82 Å². The van der Waals surface area contributed by atoms with Gasteiger partial charge < -0.3 is 15.0 Å². The topological polar surface area (TPSA) is 54.5 Å². The third-order valence-electron chi connectivity index (χ3n) is 4.24. The van der Waals surface area contributed by atoms with Crippen LogP contribution in [0.3, 0.4) is 0 Å². The second-order valence-electron chi connectivity index (χ2n) is 5.91. The molecule has 1 aromatic heterocycles. The summed E-state index contributed by atoms with van der Waals surface area (Å²) in [5, 5.41) is 4.56. The second-order valence-corrected chi connectivity index (χ2v) is 6.32. The number of methoxy groups -OCH3 is 1. The summed E-state index contributed by atoms with van der Waals surface area (Å²) in [5.74, 6) is 0.0144. The van der Waals surface area contributed by atoms with Gasteiger partial charge in [-0.3, -0.25) is 0 Å². The zero-order chi connectivity index (χ0) is 19.4. The first-order chi connectivity index (χ1) is 13.0. The van der Waals surface area contributed by atoms with Crippen molar-refractivity contribution in [1.82, 2.24) is 9.88 Å². The van der Waals surface area contributed by atoms with Gasteiger partial charge in [-0.15, -0.1) is 0 Å². The van der Waals surface area contributed by atoms with E-state index in [4.69, 9.17) is 16.3 Å². The highest BCUT2D eigenvalue weighted by Gasteiger charge is 2.16. The fourth-order valence-electron chi connectivity index (χ4n) is 2.82. The number of carbonyl (C=O) groups excluding carboxylic acids is 1. The van der Waals surface area contributed by atoms with E-state index < -0.39 is 5.82 Å². The normalized spacial score (nSPS) is 10.7. The van der Waals surface area contributed by atoms with E-state index in [1.165, 1.54) is 18.2 Å². The van der Waals surface area contributed by atoms with Crippen LogP contribution in [0, 0.1) is 5.82 Å². The first-order valence-electron chi connectivity index (χ1n) is 8.45. The Morgan fingerprint density at radius 2 is 2.00 bits per heavy atom. The molecule has 27 heavy (non-hydrogen) atoms. The Bertz CT molecular complexity index is 981. The van der Waals surface area contributed by atoms with Crippen molar-refractivity contribution in [2.24, 2.45) is 0 Å².